The number of aromatic nitrogens is 1. The van der Waals surface area contributed by atoms with Crippen LogP contribution < -0.4 is 15.4 Å². The number of ether oxygens (including phenoxy) is 1. The van der Waals surface area contributed by atoms with Gasteiger partial charge < -0.3 is 20.5 Å². The number of halogens is 2. The second-order valence-corrected chi connectivity index (χ2v) is 5.26. The van der Waals surface area contributed by atoms with Crippen molar-refractivity contribution < 1.29 is 23.4 Å². The number of aliphatic hydroxyl groups excluding tert-OH is 1. The fourth-order valence-electron chi connectivity index (χ4n) is 1.55. The number of thiazole rings is 1. The Morgan fingerprint density at radius 2 is 2.36 bits per heavy atom. The third kappa shape index (κ3) is 4.55. The Balaban J connectivity index is 0.000000188. The van der Waals surface area contributed by atoms with E-state index in [1.54, 1.807) is 17.8 Å². The average molecular weight is 332 g/mol. The lowest BCUT2D eigenvalue weighted by Gasteiger charge is -2.09. The average Bonchev–Trinajstić information content (AvgIpc) is 3.11. The van der Waals surface area contributed by atoms with Crippen LogP contribution in [0.25, 0.3) is 0 Å². The number of rotatable bonds is 2. The van der Waals surface area contributed by atoms with Crippen LogP contribution in [0.1, 0.15) is 0 Å². The third-order valence-electron chi connectivity index (χ3n) is 2.72. The third-order valence-corrected chi connectivity index (χ3v) is 3.37. The minimum Gasteiger partial charge on any atom is -0.394 e. The minimum absolute atomic E-state index is 0.00694. The smallest absolute Gasteiger partial charge is 0.344 e. The molecule has 0 bridgehead atoms. The summed E-state index contributed by atoms with van der Waals surface area (Å²) in [5.74, 6) is -3.32. The van der Waals surface area contributed by atoms with Crippen LogP contribution in [0.5, 0.6) is 5.19 Å². The highest BCUT2D eigenvalue weighted by Gasteiger charge is 2.42. The molecule has 3 heterocycles. The van der Waals surface area contributed by atoms with Crippen molar-refractivity contribution in [3.63, 3.8) is 0 Å². The summed E-state index contributed by atoms with van der Waals surface area (Å²) in [5, 5.41) is 15.6. The summed E-state index contributed by atoms with van der Waals surface area (Å²) in [6.07, 6.45) is 3.20. The summed E-state index contributed by atoms with van der Waals surface area (Å²) in [6, 6.07) is 0. The van der Waals surface area contributed by atoms with Crippen molar-refractivity contribution in [3.05, 3.63) is 23.3 Å². The molecule has 2 aliphatic rings. The Morgan fingerprint density at radius 3 is 2.82 bits per heavy atom. The van der Waals surface area contributed by atoms with Gasteiger partial charge in [-0.3, -0.25) is 4.99 Å². The molecule has 22 heavy (non-hydrogen) atoms. The van der Waals surface area contributed by atoms with Crippen LogP contribution in [-0.2, 0) is 4.79 Å². The minimum atomic E-state index is -2.90. The van der Waals surface area contributed by atoms with Crippen LogP contribution in [0, 0.1) is 0 Å². The van der Waals surface area contributed by atoms with Crippen LogP contribution in [-0.4, -0.2) is 54.1 Å². The van der Waals surface area contributed by atoms with E-state index in [9.17, 15) is 13.6 Å². The van der Waals surface area contributed by atoms with E-state index in [-0.39, 0.29) is 6.54 Å². The summed E-state index contributed by atoms with van der Waals surface area (Å²) >= 11 is 1.28. The largest absolute Gasteiger partial charge is 0.394 e. The fourth-order valence-corrected chi connectivity index (χ4v) is 2.04. The molecule has 3 rings (SSSR count). The van der Waals surface area contributed by atoms with Crippen LogP contribution >= 0.6 is 11.3 Å². The van der Waals surface area contributed by atoms with Gasteiger partial charge in [0.05, 0.1) is 25.0 Å². The van der Waals surface area contributed by atoms with Gasteiger partial charge in [0.15, 0.2) is 0 Å². The van der Waals surface area contributed by atoms with E-state index >= 15 is 0 Å². The highest BCUT2D eigenvalue weighted by Crippen LogP contribution is 2.20. The molecule has 0 aromatic carbocycles. The number of carbonyl (C=O) groups is 1. The van der Waals surface area contributed by atoms with Gasteiger partial charge >= 0.3 is 5.97 Å². The number of aliphatic imine (C=N–C) groups is 1. The molecule has 1 aromatic rings. The summed E-state index contributed by atoms with van der Waals surface area (Å²) in [4.78, 5) is 19.2. The Morgan fingerprint density at radius 1 is 1.55 bits per heavy atom. The number of β-amino-alcohol motifs (C(OH)–C–C–N with tert-alkyl or cyclic N) is 1. The Kier molecular flexibility index (Phi) is 5.52. The molecule has 10 heteroatoms. The van der Waals surface area contributed by atoms with Gasteiger partial charge in [0.2, 0.25) is 0 Å². The molecule has 120 valence electrons. The van der Waals surface area contributed by atoms with Gasteiger partial charge in [0.1, 0.15) is 6.10 Å². The van der Waals surface area contributed by atoms with Gasteiger partial charge in [0, 0.05) is 24.3 Å². The number of hydrogen-bond acceptors (Lipinski definition) is 8. The molecular weight excluding hydrogens is 318 g/mol. The van der Waals surface area contributed by atoms with Crippen LogP contribution in [0.2, 0.25) is 0 Å². The molecule has 0 radical (unpaired) electrons. The SMILES string of the molecule is O=C(Oc1nccs1)C1=CNC=NC1.OC1CNCC1(F)F. The van der Waals surface area contributed by atoms with E-state index < -0.39 is 24.5 Å². The molecule has 1 fully saturated rings. The molecule has 1 unspecified atom stereocenters. The maximum atomic E-state index is 12.0. The van der Waals surface area contributed by atoms with Gasteiger partial charge in [-0.15, -0.1) is 0 Å². The first-order chi connectivity index (χ1) is 10.5. The lowest BCUT2D eigenvalue weighted by molar-refractivity contribution is -0.130. The molecule has 1 aromatic heterocycles. The van der Waals surface area contributed by atoms with Crippen molar-refractivity contribution in [2.45, 2.75) is 12.0 Å². The highest BCUT2D eigenvalue weighted by atomic mass is 32.1. The maximum Gasteiger partial charge on any atom is 0.344 e. The second-order valence-electron chi connectivity index (χ2n) is 4.40. The molecule has 0 saturated carbocycles. The van der Waals surface area contributed by atoms with Gasteiger partial charge in [-0.05, 0) is 0 Å². The number of hydrogen-bond donors (Lipinski definition) is 3. The van der Waals surface area contributed by atoms with Crippen molar-refractivity contribution in [1.29, 1.82) is 0 Å². The summed E-state index contributed by atoms with van der Waals surface area (Å²) in [6.45, 7) is -0.0433. The quantitative estimate of drug-likeness (QED) is 0.667. The summed E-state index contributed by atoms with van der Waals surface area (Å²) in [7, 11) is 0. The maximum absolute atomic E-state index is 12.0. The number of carbonyl (C=O) groups excluding carboxylic acids is 1. The van der Waals surface area contributed by atoms with E-state index in [4.69, 9.17) is 9.84 Å². The number of nitrogens with zero attached hydrogens (tertiary/aromatic N) is 2. The van der Waals surface area contributed by atoms with Crippen molar-refractivity contribution in [2.75, 3.05) is 19.6 Å². The van der Waals surface area contributed by atoms with Crippen molar-refractivity contribution in [3.8, 4) is 5.19 Å². The molecule has 0 amide bonds. The van der Waals surface area contributed by atoms with E-state index in [1.165, 1.54) is 17.7 Å². The van der Waals surface area contributed by atoms with Gasteiger partial charge in [-0.1, -0.05) is 11.3 Å². The Hall–Kier alpha value is -1.91. The van der Waals surface area contributed by atoms with E-state index in [0.29, 0.717) is 17.3 Å². The van der Waals surface area contributed by atoms with E-state index in [1.807, 2.05) is 0 Å². The molecule has 1 saturated heterocycles. The molecule has 2 aliphatic heterocycles. The van der Waals surface area contributed by atoms with Gasteiger partial charge in [0.25, 0.3) is 11.1 Å². The molecule has 7 nitrogen and oxygen atoms in total. The second kappa shape index (κ2) is 7.38. The topological polar surface area (TPSA) is 95.8 Å². The van der Waals surface area contributed by atoms with E-state index in [2.05, 4.69) is 20.6 Å². The number of alkyl halides is 2. The van der Waals surface area contributed by atoms with Crippen molar-refractivity contribution in [2.24, 2.45) is 4.99 Å². The van der Waals surface area contributed by atoms with Gasteiger partial charge in [-0.25, -0.2) is 18.6 Å². The first-order valence-electron chi connectivity index (χ1n) is 6.31. The highest BCUT2D eigenvalue weighted by molar-refractivity contribution is 7.11. The zero-order valence-corrected chi connectivity index (χ0v) is 12.1. The molecule has 0 spiro atoms. The standard InChI is InChI=1S/C8H7N3O2S.C4H7F2NO/c12-7(6-3-9-5-10-4-6)13-8-11-1-2-14-8;5-4(6)2-7-1-3(4)8/h1-3,5H,4H2,(H,9,10);3,7-8H,1-2H2. The Bertz CT molecular complexity index is 563. The lowest BCUT2D eigenvalue weighted by Crippen LogP contribution is -2.30. The number of aliphatic hydroxyl groups is 1. The normalized spacial score (nSPS) is 22.1. The predicted octanol–water partition coefficient (Wildman–Crippen LogP) is 0.150. The van der Waals surface area contributed by atoms with E-state index in [0.717, 1.165) is 0 Å². The molecule has 3 N–H and O–H groups in total. The monoisotopic (exact) mass is 332 g/mol. The number of nitrogens with one attached hydrogen (secondary N) is 2. The Labute approximate surface area is 128 Å². The molecule has 0 aliphatic carbocycles. The zero-order valence-electron chi connectivity index (χ0n) is 11.3. The lowest BCUT2D eigenvalue weighted by atomic mass is 10.2. The summed E-state index contributed by atoms with van der Waals surface area (Å²) < 4.78 is 29.0. The fraction of sp³-hybridized carbons (Fsp3) is 0.417. The van der Waals surface area contributed by atoms with Crippen LogP contribution in [0.3, 0.4) is 0 Å². The first kappa shape index (κ1) is 16.5. The predicted molar refractivity (Wildman–Crippen MR) is 76.2 cm³/mol. The summed E-state index contributed by atoms with van der Waals surface area (Å²) in [5.41, 5.74) is 0.489. The van der Waals surface area contributed by atoms with Crippen LogP contribution in [0.4, 0.5) is 8.78 Å². The zero-order chi connectivity index (χ0) is 16.0. The number of esters is 1. The van der Waals surface area contributed by atoms with Crippen LogP contribution in [0.15, 0.2) is 28.3 Å². The van der Waals surface area contributed by atoms with Crippen molar-refractivity contribution in [1.82, 2.24) is 15.6 Å². The van der Waals surface area contributed by atoms with Gasteiger partial charge in [-0.2, -0.15) is 0 Å². The molecular formula is C12H14F2N4O3S. The van der Waals surface area contributed by atoms with Crippen molar-refractivity contribution >= 4 is 23.6 Å². The molecule has 1 atom stereocenters. The first-order valence-corrected chi connectivity index (χ1v) is 7.18.